The average molecular weight is 354 g/mol. The predicted octanol–water partition coefficient (Wildman–Crippen LogP) is 2.03. The fourth-order valence-electron chi connectivity index (χ4n) is 3.29. The molecule has 1 unspecified atom stereocenters. The van der Waals surface area contributed by atoms with Crippen molar-refractivity contribution in [3.63, 3.8) is 0 Å². The van der Waals surface area contributed by atoms with Crippen molar-refractivity contribution in [1.82, 2.24) is 14.7 Å². The number of fused-ring (bicyclic) bond motifs is 1. The van der Waals surface area contributed by atoms with E-state index in [1.54, 1.807) is 11.8 Å². The van der Waals surface area contributed by atoms with Crippen LogP contribution in [0.4, 0.5) is 0 Å². The van der Waals surface area contributed by atoms with E-state index in [4.69, 9.17) is 11.6 Å². The van der Waals surface area contributed by atoms with Gasteiger partial charge in [-0.1, -0.05) is 29.8 Å². The molecule has 0 saturated carbocycles. The van der Waals surface area contributed by atoms with E-state index in [2.05, 4.69) is 16.8 Å². The Labute approximate surface area is 147 Å². The second kappa shape index (κ2) is 7.88. The number of halogens is 1. The number of likely N-dealkylation sites (N-methyl/N-ethyl adjacent to an activating group) is 1. The first-order chi connectivity index (χ1) is 11.1. The standard InChI is InChI=1S/C17H24ClN3OS/c1-19-6-7-20-8-9-21(11-15(20)10-19)17(22)13-23-12-14-4-2-3-5-16(14)18/h2-5,15H,6-13H2,1H3. The molecule has 126 valence electrons. The van der Waals surface area contributed by atoms with Gasteiger partial charge in [-0.3, -0.25) is 9.69 Å². The SMILES string of the molecule is CN1CCN2CCN(C(=O)CSCc3ccccc3Cl)CC2C1. The summed E-state index contributed by atoms with van der Waals surface area (Å²) in [5.74, 6) is 1.58. The molecule has 23 heavy (non-hydrogen) atoms. The van der Waals surface area contributed by atoms with Gasteiger partial charge in [-0.2, -0.15) is 0 Å². The Morgan fingerprint density at radius 2 is 2.00 bits per heavy atom. The Morgan fingerprint density at radius 1 is 1.22 bits per heavy atom. The van der Waals surface area contributed by atoms with E-state index in [1.165, 1.54) is 0 Å². The van der Waals surface area contributed by atoms with Gasteiger partial charge in [0.25, 0.3) is 0 Å². The second-order valence-electron chi connectivity index (χ2n) is 6.38. The molecule has 4 nitrogen and oxygen atoms in total. The lowest BCUT2D eigenvalue weighted by Gasteiger charge is -2.46. The summed E-state index contributed by atoms with van der Waals surface area (Å²) in [6, 6.07) is 8.35. The first-order valence-electron chi connectivity index (χ1n) is 8.15. The van der Waals surface area contributed by atoms with Gasteiger partial charge >= 0.3 is 0 Å². The third kappa shape index (κ3) is 4.41. The van der Waals surface area contributed by atoms with Gasteiger partial charge in [0.1, 0.15) is 0 Å². The Bertz CT molecular complexity index is 556. The molecule has 0 N–H and O–H groups in total. The number of thioether (sulfide) groups is 1. The molecule has 6 heteroatoms. The summed E-state index contributed by atoms with van der Waals surface area (Å²) >= 11 is 7.81. The van der Waals surface area contributed by atoms with Crippen molar-refractivity contribution >= 4 is 29.3 Å². The molecule has 1 aromatic rings. The number of hydrogen-bond donors (Lipinski definition) is 0. The molecule has 0 radical (unpaired) electrons. The van der Waals surface area contributed by atoms with Crippen LogP contribution >= 0.6 is 23.4 Å². The number of benzene rings is 1. The Balaban J connectivity index is 1.46. The summed E-state index contributed by atoms with van der Waals surface area (Å²) in [7, 11) is 2.16. The molecular formula is C17H24ClN3OS. The van der Waals surface area contributed by atoms with Gasteiger partial charge in [-0.15, -0.1) is 11.8 Å². The molecule has 1 atom stereocenters. The lowest BCUT2D eigenvalue weighted by atomic mass is 10.1. The zero-order chi connectivity index (χ0) is 16.2. The normalized spacial score (nSPS) is 22.9. The fourth-order valence-corrected chi connectivity index (χ4v) is 4.50. The Morgan fingerprint density at radius 3 is 2.83 bits per heavy atom. The smallest absolute Gasteiger partial charge is 0.232 e. The number of hydrogen-bond acceptors (Lipinski definition) is 4. The molecule has 2 fully saturated rings. The monoisotopic (exact) mass is 353 g/mol. The van der Waals surface area contributed by atoms with Crippen molar-refractivity contribution in [2.75, 3.05) is 52.1 Å². The first kappa shape index (κ1) is 17.1. The summed E-state index contributed by atoms with van der Waals surface area (Å²) in [6.45, 7) is 6.08. The van der Waals surface area contributed by atoms with Crippen LogP contribution in [0.25, 0.3) is 0 Å². The summed E-state index contributed by atoms with van der Waals surface area (Å²) < 4.78 is 0. The van der Waals surface area contributed by atoms with Gasteiger partial charge in [0.15, 0.2) is 0 Å². The van der Waals surface area contributed by atoms with Crippen LogP contribution in [0.3, 0.4) is 0 Å². The van der Waals surface area contributed by atoms with E-state index in [1.807, 2.05) is 29.2 Å². The number of amides is 1. The third-order valence-electron chi connectivity index (χ3n) is 4.69. The maximum absolute atomic E-state index is 12.5. The largest absolute Gasteiger partial charge is 0.339 e. The summed E-state index contributed by atoms with van der Waals surface area (Å²) in [5.41, 5.74) is 1.10. The summed E-state index contributed by atoms with van der Waals surface area (Å²) in [4.78, 5) is 19.4. The van der Waals surface area contributed by atoms with E-state index in [0.29, 0.717) is 11.8 Å². The number of nitrogens with zero attached hydrogens (tertiary/aromatic N) is 3. The van der Waals surface area contributed by atoms with E-state index >= 15 is 0 Å². The van der Waals surface area contributed by atoms with Crippen LogP contribution in [0.2, 0.25) is 5.02 Å². The molecular weight excluding hydrogens is 330 g/mol. The Hall–Kier alpha value is -0.750. The van der Waals surface area contributed by atoms with Crippen molar-refractivity contribution in [3.05, 3.63) is 34.9 Å². The maximum Gasteiger partial charge on any atom is 0.232 e. The molecule has 0 aromatic heterocycles. The predicted molar refractivity (Wildman–Crippen MR) is 97.1 cm³/mol. The van der Waals surface area contributed by atoms with Gasteiger partial charge < -0.3 is 9.80 Å². The average Bonchev–Trinajstić information content (AvgIpc) is 2.55. The van der Waals surface area contributed by atoms with Crippen LogP contribution < -0.4 is 0 Å². The van der Waals surface area contributed by atoms with Crippen LogP contribution in [0.1, 0.15) is 5.56 Å². The van der Waals surface area contributed by atoms with E-state index in [0.717, 1.165) is 55.6 Å². The number of piperazine rings is 2. The van der Waals surface area contributed by atoms with Crippen LogP contribution in [0.5, 0.6) is 0 Å². The topological polar surface area (TPSA) is 26.8 Å². The van der Waals surface area contributed by atoms with Crippen LogP contribution in [0.15, 0.2) is 24.3 Å². The van der Waals surface area contributed by atoms with Gasteiger partial charge in [0.2, 0.25) is 5.91 Å². The zero-order valence-corrected chi connectivity index (χ0v) is 15.2. The highest BCUT2D eigenvalue weighted by molar-refractivity contribution is 7.99. The summed E-state index contributed by atoms with van der Waals surface area (Å²) in [5, 5.41) is 0.784. The van der Waals surface area contributed by atoms with Crippen LogP contribution in [0, 0.1) is 0 Å². The molecule has 1 amide bonds. The van der Waals surface area contributed by atoms with Gasteiger partial charge in [0, 0.05) is 56.1 Å². The fraction of sp³-hybridized carbons (Fsp3) is 0.588. The molecule has 2 aliphatic heterocycles. The molecule has 1 aromatic carbocycles. The molecule has 0 aliphatic carbocycles. The van der Waals surface area contributed by atoms with Crippen molar-refractivity contribution in [2.24, 2.45) is 0 Å². The van der Waals surface area contributed by atoms with Crippen LogP contribution in [-0.4, -0.2) is 78.7 Å². The molecule has 2 saturated heterocycles. The van der Waals surface area contributed by atoms with Crippen molar-refractivity contribution in [1.29, 1.82) is 0 Å². The second-order valence-corrected chi connectivity index (χ2v) is 7.77. The third-order valence-corrected chi connectivity index (χ3v) is 6.02. The van der Waals surface area contributed by atoms with Crippen molar-refractivity contribution in [3.8, 4) is 0 Å². The first-order valence-corrected chi connectivity index (χ1v) is 9.68. The van der Waals surface area contributed by atoms with E-state index in [9.17, 15) is 4.79 Å². The number of carbonyl (C=O) groups excluding carboxylic acids is 1. The maximum atomic E-state index is 12.5. The molecule has 0 spiro atoms. The highest BCUT2D eigenvalue weighted by atomic mass is 35.5. The molecule has 2 heterocycles. The minimum Gasteiger partial charge on any atom is -0.339 e. The molecule has 0 bridgehead atoms. The van der Waals surface area contributed by atoms with Crippen molar-refractivity contribution in [2.45, 2.75) is 11.8 Å². The Kier molecular flexibility index (Phi) is 5.85. The highest BCUT2D eigenvalue weighted by Crippen LogP contribution is 2.21. The van der Waals surface area contributed by atoms with E-state index in [-0.39, 0.29) is 5.91 Å². The molecule has 2 aliphatic rings. The lowest BCUT2D eigenvalue weighted by Crippen LogP contribution is -2.62. The highest BCUT2D eigenvalue weighted by Gasteiger charge is 2.32. The molecule has 3 rings (SSSR count). The minimum absolute atomic E-state index is 0.259. The summed E-state index contributed by atoms with van der Waals surface area (Å²) in [6.07, 6.45) is 0. The van der Waals surface area contributed by atoms with Gasteiger partial charge in [-0.25, -0.2) is 0 Å². The van der Waals surface area contributed by atoms with Gasteiger partial charge in [-0.05, 0) is 18.7 Å². The minimum atomic E-state index is 0.259. The van der Waals surface area contributed by atoms with Crippen molar-refractivity contribution < 1.29 is 4.79 Å². The zero-order valence-electron chi connectivity index (χ0n) is 13.6. The quantitative estimate of drug-likeness (QED) is 0.827. The number of rotatable bonds is 4. The number of carbonyl (C=O) groups is 1. The van der Waals surface area contributed by atoms with Crippen LogP contribution in [-0.2, 0) is 10.5 Å². The van der Waals surface area contributed by atoms with Gasteiger partial charge in [0.05, 0.1) is 5.75 Å². The lowest BCUT2D eigenvalue weighted by molar-refractivity contribution is -0.132. The van der Waals surface area contributed by atoms with E-state index < -0.39 is 0 Å².